The Morgan fingerprint density at radius 1 is 1.83 bits per heavy atom. The molecule has 1 aromatic heterocycles. The number of methoxy groups -OCH3 is 1. The topological polar surface area (TPSA) is 39.2 Å². The highest BCUT2D eigenvalue weighted by Gasteiger charge is 2.05. The molecule has 0 aliphatic rings. The lowest BCUT2D eigenvalue weighted by molar-refractivity contribution is 0.111. The zero-order valence-corrected chi connectivity index (χ0v) is 7.93. The highest BCUT2D eigenvalue weighted by Crippen LogP contribution is 2.11. The number of hydrogen-bond donors (Lipinski definition) is 0. The predicted octanol–water partition coefficient (Wildman–Crippen LogP) is 1.53. The van der Waals surface area contributed by atoms with Gasteiger partial charge in [0.15, 0.2) is 6.29 Å². The predicted molar refractivity (Wildman–Crippen MR) is 47.7 cm³/mol. The molecule has 66 valence electrons. The third kappa shape index (κ3) is 2.39. The fraction of sp³-hybridized carbons (Fsp3) is 0.500. The molecule has 0 spiro atoms. The molecule has 1 aromatic rings. The van der Waals surface area contributed by atoms with Gasteiger partial charge in [0.05, 0.1) is 11.1 Å². The van der Waals surface area contributed by atoms with Crippen LogP contribution in [0.5, 0.6) is 0 Å². The Labute approximate surface area is 75.4 Å². The van der Waals surface area contributed by atoms with Crippen molar-refractivity contribution in [2.24, 2.45) is 0 Å². The fourth-order valence-corrected chi connectivity index (χ4v) is 1.66. The van der Waals surface area contributed by atoms with Crippen LogP contribution in [0.4, 0.5) is 0 Å². The first-order chi connectivity index (χ1) is 5.76. The molecule has 12 heavy (non-hydrogen) atoms. The summed E-state index contributed by atoms with van der Waals surface area (Å²) in [6, 6.07) is 0. The van der Waals surface area contributed by atoms with E-state index in [1.165, 1.54) is 11.3 Å². The largest absolute Gasteiger partial charge is 0.381 e. The second kappa shape index (κ2) is 4.33. The van der Waals surface area contributed by atoms with Crippen molar-refractivity contribution in [3.8, 4) is 0 Å². The Morgan fingerprint density at radius 2 is 2.58 bits per heavy atom. The Bertz CT molecular complexity index is 259. The van der Waals surface area contributed by atoms with Gasteiger partial charge in [-0.25, -0.2) is 4.98 Å². The Hall–Kier alpha value is -0.740. The van der Waals surface area contributed by atoms with Gasteiger partial charge in [-0.15, -0.1) is 11.3 Å². The van der Waals surface area contributed by atoms with Crippen molar-refractivity contribution >= 4 is 17.6 Å². The van der Waals surface area contributed by atoms with Crippen LogP contribution in [0.1, 0.15) is 22.4 Å². The Kier molecular flexibility index (Phi) is 3.37. The zero-order valence-electron chi connectivity index (χ0n) is 7.11. The molecule has 1 heterocycles. The van der Waals surface area contributed by atoms with Gasteiger partial charge in [0.2, 0.25) is 0 Å². The highest BCUT2D eigenvalue weighted by atomic mass is 32.1. The normalized spacial score (nSPS) is 12.8. The number of aldehydes is 1. The molecule has 3 nitrogen and oxygen atoms in total. The van der Waals surface area contributed by atoms with E-state index in [0.29, 0.717) is 5.69 Å². The lowest BCUT2D eigenvalue weighted by Crippen LogP contribution is -2.08. The average Bonchev–Trinajstić information content (AvgIpc) is 2.52. The molecule has 0 saturated carbocycles. The first-order valence-electron chi connectivity index (χ1n) is 3.68. The molecule has 0 saturated heterocycles. The van der Waals surface area contributed by atoms with E-state index in [-0.39, 0.29) is 6.10 Å². The van der Waals surface area contributed by atoms with Crippen LogP contribution in [0, 0.1) is 0 Å². The Morgan fingerprint density at radius 3 is 3.08 bits per heavy atom. The monoisotopic (exact) mass is 185 g/mol. The minimum absolute atomic E-state index is 0.163. The van der Waals surface area contributed by atoms with Gasteiger partial charge in [-0.2, -0.15) is 0 Å². The van der Waals surface area contributed by atoms with Gasteiger partial charge in [0.1, 0.15) is 5.69 Å². The molecule has 0 amide bonds. The van der Waals surface area contributed by atoms with Gasteiger partial charge in [-0.05, 0) is 6.92 Å². The number of carbonyl (C=O) groups is 1. The maximum atomic E-state index is 10.3. The maximum Gasteiger partial charge on any atom is 0.169 e. The molecule has 0 aliphatic heterocycles. The SMILES string of the molecule is COC(C)Cc1nc(C=O)cs1. The Balaban J connectivity index is 2.57. The number of hydrogen-bond acceptors (Lipinski definition) is 4. The third-order valence-corrected chi connectivity index (χ3v) is 2.44. The van der Waals surface area contributed by atoms with Gasteiger partial charge in [-0.1, -0.05) is 0 Å². The summed E-state index contributed by atoms with van der Waals surface area (Å²) in [6.45, 7) is 1.97. The number of nitrogens with zero attached hydrogens (tertiary/aromatic N) is 1. The van der Waals surface area contributed by atoms with Crippen LogP contribution < -0.4 is 0 Å². The van der Waals surface area contributed by atoms with Gasteiger partial charge in [0.25, 0.3) is 0 Å². The molecule has 0 aromatic carbocycles. The van der Waals surface area contributed by atoms with Crippen LogP contribution in [-0.2, 0) is 11.2 Å². The van der Waals surface area contributed by atoms with E-state index < -0.39 is 0 Å². The molecular formula is C8H11NO2S. The third-order valence-electron chi connectivity index (χ3n) is 1.55. The van der Waals surface area contributed by atoms with Crippen molar-refractivity contribution < 1.29 is 9.53 Å². The van der Waals surface area contributed by atoms with Crippen LogP contribution in [0.15, 0.2) is 5.38 Å². The second-order valence-corrected chi connectivity index (χ2v) is 3.48. The van der Waals surface area contributed by atoms with Gasteiger partial charge >= 0.3 is 0 Å². The molecule has 0 aliphatic carbocycles. The summed E-state index contributed by atoms with van der Waals surface area (Å²) in [6.07, 6.45) is 1.70. The summed E-state index contributed by atoms with van der Waals surface area (Å²) < 4.78 is 5.08. The molecule has 0 bridgehead atoms. The van der Waals surface area contributed by atoms with E-state index in [1.54, 1.807) is 12.5 Å². The van der Waals surface area contributed by atoms with E-state index in [0.717, 1.165) is 17.7 Å². The first kappa shape index (κ1) is 9.35. The number of thiazole rings is 1. The van der Waals surface area contributed by atoms with Crippen LogP contribution in [0.2, 0.25) is 0 Å². The van der Waals surface area contributed by atoms with Crippen LogP contribution in [0.25, 0.3) is 0 Å². The summed E-state index contributed by atoms with van der Waals surface area (Å²) in [5.74, 6) is 0. The van der Waals surface area contributed by atoms with E-state index in [4.69, 9.17) is 4.74 Å². The van der Waals surface area contributed by atoms with Crippen LogP contribution >= 0.6 is 11.3 Å². The van der Waals surface area contributed by atoms with Gasteiger partial charge in [0, 0.05) is 18.9 Å². The summed E-state index contributed by atoms with van der Waals surface area (Å²) in [5.41, 5.74) is 0.512. The zero-order chi connectivity index (χ0) is 8.97. The van der Waals surface area contributed by atoms with Crippen molar-refractivity contribution in [1.29, 1.82) is 0 Å². The standard InChI is InChI=1S/C8H11NO2S/c1-6(11-2)3-8-9-7(4-10)5-12-8/h4-6H,3H2,1-2H3. The number of rotatable bonds is 4. The summed E-state index contributed by atoms with van der Waals surface area (Å²) in [5, 5.41) is 2.71. The van der Waals surface area contributed by atoms with Crippen molar-refractivity contribution in [2.45, 2.75) is 19.4 Å². The molecule has 0 radical (unpaired) electrons. The lowest BCUT2D eigenvalue weighted by Gasteiger charge is -2.05. The van der Waals surface area contributed by atoms with Crippen LogP contribution in [0.3, 0.4) is 0 Å². The van der Waals surface area contributed by atoms with Crippen LogP contribution in [-0.4, -0.2) is 24.5 Å². The molecular weight excluding hydrogens is 174 g/mol. The average molecular weight is 185 g/mol. The summed E-state index contributed by atoms with van der Waals surface area (Å²) >= 11 is 1.50. The van der Waals surface area contributed by atoms with Crippen molar-refractivity contribution in [1.82, 2.24) is 4.98 Å². The number of carbonyl (C=O) groups excluding carboxylic acids is 1. The molecule has 1 rings (SSSR count). The quantitative estimate of drug-likeness (QED) is 0.668. The smallest absolute Gasteiger partial charge is 0.169 e. The molecule has 4 heteroatoms. The molecule has 1 atom stereocenters. The van der Waals surface area contributed by atoms with E-state index in [1.807, 2.05) is 6.92 Å². The van der Waals surface area contributed by atoms with Gasteiger partial charge < -0.3 is 4.74 Å². The van der Waals surface area contributed by atoms with Crippen molar-refractivity contribution in [3.63, 3.8) is 0 Å². The molecule has 0 N–H and O–H groups in total. The minimum atomic E-state index is 0.163. The van der Waals surface area contributed by atoms with E-state index in [9.17, 15) is 4.79 Å². The maximum absolute atomic E-state index is 10.3. The summed E-state index contributed by atoms with van der Waals surface area (Å²) in [7, 11) is 1.67. The first-order valence-corrected chi connectivity index (χ1v) is 4.56. The lowest BCUT2D eigenvalue weighted by atomic mass is 10.3. The molecule has 0 fully saturated rings. The highest BCUT2D eigenvalue weighted by molar-refractivity contribution is 7.09. The number of ether oxygens (including phenoxy) is 1. The number of aromatic nitrogens is 1. The van der Waals surface area contributed by atoms with Crippen molar-refractivity contribution in [2.75, 3.05) is 7.11 Å². The minimum Gasteiger partial charge on any atom is -0.381 e. The summed E-state index contributed by atoms with van der Waals surface area (Å²) in [4.78, 5) is 14.4. The second-order valence-electron chi connectivity index (χ2n) is 2.53. The van der Waals surface area contributed by atoms with Gasteiger partial charge in [-0.3, -0.25) is 4.79 Å². The fourth-order valence-electron chi connectivity index (χ4n) is 0.802. The van der Waals surface area contributed by atoms with E-state index in [2.05, 4.69) is 4.98 Å². The van der Waals surface area contributed by atoms with E-state index >= 15 is 0 Å². The molecule has 1 unspecified atom stereocenters. The van der Waals surface area contributed by atoms with Crippen molar-refractivity contribution in [3.05, 3.63) is 16.1 Å².